The summed E-state index contributed by atoms with van der Waals surface area (Å²) in [7, 11) is 0. The number of likely N-dealkylation sites (tertiary alicyclic amines) is 1. The first-order chi connectivity index (χ1) is 7.88. The minimum absolute atomic E-state index is 0.319. The van der Waals surface area contributed by atoms with Crippen LogP contribution in [0.1, 0.15) is 53.4 Å². The van der Waals surface area contributed by atoms with E-state index >= 15 is 0 Å². The highest BCUT2D eigenvalue weighted by Crippen LogP contribution is 2.43. The SMILES string of the molecule is CC1CCC(CN)(N2CCC(C)(C)C2)CC1C. The molecule has 2 fully saturated rings. The average molecular weight is 238 g/mol. The standard InChI is InChI=1S/C15H30N2/c1-12-5-6-15(10-16,9-13(12)2)17-8-7-14(3,4)11-17/h12-13H,5-11,16H2,1-4H3. The maximum absolute atomic E-state index is 6.17. The molecule has 0 aromatic rings. The second kappa shape index (κ2) is 4.55. The summed E-state index contributed by atoms with van der Waals surface area (Å²) in [5, 5.41) is 0. The predicted octanol–water partition coefficient (Wildman–Crippen LogP) is 2.87. The van der Waals surface area contributed by atoms with E-state index in [1.54, 1.807) is 0 Å². The first-order valence-electron chi connectivity index (χ1n) is 7.34. The summed E-state index contributed by atoms with van der Waals surface area (Å²) in [5.41, 5.74) is 6.99. The lowest BCUT2D eigenvalue weighted by Crippen LogP contribution is -2.56. The predicted molar refractivity (Wildman–Crippen MR) is 73.9 cm³/mol. The van der Waals surface area contributed by atoms with Crippen molar-refractivity contribution < 1.29 is 0 Å². The second-order valence-electron chi connectivity index (χ2n) is 7.46. The van der Waals surface area contributed by atoms with E-state index in [1.807, 2.05) is 0 Å². The zero-order chi connectivity index (χ0) is 12.7. The van der Waals surface area contributed by atoms with Gasteiger partial charge in [-0.2, -0.15) is 0 Å². The van der Waals surface area contributed by atoms with Crippen LogP contribution in [0.4, 0.5) is 0 Å². The number of rotatable bonds is 2. The minimum Gasteiger partial charge on any atom is -0.329 e. The molecule has 1 aliphatic heterocycles. The van der Waals surface area contributed by atoms with Gasteiger partial charge in [0.2, 0.25) is 0 Å². The van der Waals surface area contributed by atoms with Crippen LogP contribution in [0.3, 0.4) is 0 Å². The van der Waals surface area contributed by atoms with Gasteiger partial charge >= 0.3 is 0 Å². The van der Waals surface area contributed by atoms with E-state index in [9.17, 15) is 0 Å². The Morgan fingerprint density at radius 1 is 1.18 bits per heavy atom. The first-order valence-corrected chi connectivity index (χ1v) is 7.34. The van der Waals surface area contributed by atoms with Crippen molar-refractivity contribution in [2.24, 2.45) is 23.0 Å². The van der Waals surface area contributed by atoms with Gasteiger partial charge in [-0.1, -0.05) is 27.7 Å². The molecule has 2 N–H and O–H groups in total. The Morgan fingerprint density at radius 2 is 1.88 bits per heavy atom. The largest absolute Gasteiger partial charge is 0.329 e. The van der Waals surface area contributed by atoms with Gasteiger partial charge in [-0.05, 0) is 49.5 Å². The van der Waals surface area contributed by atoms with Crippen molar-refractivity contribution in [2.45, 2.75) is 58.9 Å². The van der Waals surface area contributed by atoms with Gasteiger partial charge in [0.25, 0.3) is 0 Å². The van der Waals surface area contributed by atoms with Crippen molar-refractivity contribution in [1.82, 2.24) is 4.90 Å². The Kier molecular flexibility index (Phi) is 3.57. The Labute approximate surface area is 107 Å². The van der Waals surface area contributed by atoms with Crippen LogP contribution in [0.15, 0.2) is 0 Å². The highest BCUT2D eigenvalue weighted by molar-refractivity contribution is 5.01. The fourth-order valence-electron chi connectivity index (χ4n) is 3.80. The van der Waals surface area contributed by atoms with Crippen molar-refractivity contribution in [2.75, 3.05) is 19.6 Å². The monoisotopic (exact) mass is 238 g/mol. The molecule has 0 spiro atoms. The molecular formula is C15H30N2. The van der Waals surface area contributed by atoms with Gasteiger partial charge in [-0.25, -0.2) is 0 Å². The van der Waals surface area contributed by atoms with Crippen LogP contribution in [-0.2, 0) is 0 Å². The third-order valence-electron chi connectivity index (χ3n) is 5.47. The summed E-state index contributed by atoms with van der Waals surface area (Å²) < 4.78 is 0. The molecule has 1 heterocycles. The molecule has 2 aliphatic rings. The molecule has 2 heteroatoms. The Bertz CT molecular complexity index is 274. The molecule has 1 aliphatic carbocycles. The molecule has 2 nitrogen and oxygen atoms in total. The van der Waals surface area contributed by atoms with Gasteiger partial charge in [0.05, 0.1) is 0 Å². The fraction of sp³-hybridized carbons (Fsp3) is 1.00. The van der Waals surface area contributed by atoms with Crippen LogP contribution in [0, 0.1) is 17.3 Å². The average Bonchev–Trinajstić information content (AvgIpc) is 2.64. The van der Waals surface area contributed by atoms with E-state index in [-0.39, 0.29) is 0 Å². The van der Waals surface area contributed by atoms with Gasteiger partial charge in [-0.3, -0.25) is 4.90 Å². The molecule has 0 aromatic carbocycles. The third kappa shape index (κ3) is 2.53. The molecule has 0 radical (unpaired) electrons. The fourth-order valence-corrected chi connectivity index (χ4v) is 3.80. The first kappa shape index (κ1) is 13.4. The molecule has 2 rings (SSSR count). The molecular weight excluding hydrogens is 208 g/mol. The van der Waals surface area contributed by atoms with Crippen molar-refractivity contribution in [1.29, 1.82) is 0 Å². The molecule has 0 aromatic heterocycles. The highest BCUT2D eigenvalue weighted by Gasteiger charge is 2.45. The van der Waals surface area contributed by atoms with E-state index < -0.39 is 0 Å². The van der Waals surface area contributed by atoms with Crippen LogP contribution in [0.5, 0.6) is 0 Å². The summed E-state index contributed by atoms with van der Waals surface area (Å²) in [4.78, 5) is 2.72. The Balaban J connectivity index is 2.10. The Morgan fingerprint density at radius 3 is 2.35 bits per heavy atom. The van der Waals surface area contributed by atoms with E-state index in [2.05, 4.69) is 32.6 Å². The maximum atomic E-state index is 6.17. The molecule has 17 heavy (non-hydrogen) atoms. The summed E-state index contributed by atoms with van der Waals surface area (Å²) in [6.07, 6.45) is 5.31. The minimum atomic E-state index is 0.319. The molecule has 1 saturated heterocycles. The van der Waals surface area contributed by atoms with E-state index in [0.29, 0.717) is 11.0 Å². The van der Waals surface area contributed by atoms with Gasteiger partial charge in [0.1, 0.15) is 0 Å². The van der Waals surface area contributed by atoms with Gasteiger partial charge in [0, 0.05) is 18.6 Å². The van der Waals surface area contributed by atoms with Gasteiger partial charge < -0.3 is 5.73 Å². The normalized spacial score (nSPS) is 42.9. The van der Waals surface area contributed by atoms with Crippen molar-refractivity contribution in [3.8, 4) is 0 Å². The van der Waals surface area contributed by atoms with Crippen LogP contribution in [0.2, 0.25) is 0 Å². The number of nitrogens with two attached hydrogens (primary N) is 1. The second-order valence-corrected chi connectivity index (χ2v) is 7.46. The van der Waals surface area contributed by atoms with Gasteiger partial charge in [0.15, 0.2) is 0 Å². The van der Waals surface area contributed by atoms with Crippen molar-refractivity contribution in [3.05, 3.63) is 0 Å². The molecule has 3 atom stereocenters. The van der Waals surface area contributed by atoms with E-state index in [0.717, 1.165) is 18.4 Å². The summed E-state index contributed by atoms with van der Waals surface area (Å²) in [6.45, 7) is 12.9. The van der Waals surface area contributed by atoms with Crippen LogP contribution < -0.4 is 5.73 Å². The molecule has 3 unspecified atom stereocenters. The number of hydrogen-bond donors (Lipinski definition) is 1. The summed E-state index contributed by atoms with van der Waals surface area (Å²) in [5.74, 6) is 1.71. The van der Waals surface area contributed by atoms with Crippen LogP contribution in [-0.4, -0.2) is 30.1 Å². The topological polar surface area (TPSA) is 29.3 Å². The quantitative estimate of drug-likeness (QED) is 0.801. The highest BCUT2D eigenvalue weighted by atomic mass is 15.2. The van der Waals surface area contributed by atoms with Crippen molar-refractivity contribution >= 4 is 0 Å². The number of hydrogen-bond acceptors (Lipinski definition) is 2. The maximum Gasteiger partial charge on any atom is 0.0334 e. The van der Waals surface area contributed by atoms with E-state index in [4.69, 9.17) is 5.73 Å². The smallest absolute Gasteiger partial charge is 0.0334 e. The zero-order valence-corrected chi connectivity index (χ0v) is 12.1. The molecule has 100 valence electrons. The molecule has 0 amide bonds. The van der Waals surface area contributed by atoms with E-state index in [1.165, 1.54) is 38.8 Å². The van der Waals surface area contributed by atoms with Gasteiger partial charge in [-0.15, -0.1) is 0 Å². The number of nitrogens with zero attached hydrogens (tertiary/aromatic N) is 1. The Hall–Kier alpha value is -0.0800. The van der Waals surface area contributed by atoms with Crippen LogP contribution >= 0.6 is 0 Å². The lowest BCUT2D eigenvalue weighted by molar-refractivity contribution is 0.0322. The summed E-state index contributed by atoms with van der Waals surface area (Å²) >= 11 is 0. The van der Waals surface area contributed by atoms with Crippen molar-refractivity contribution in [3.63, 3.8) is 0 Å². The summed E-state index contributed by atoms with van der Waals surface area (Å²) in [6, 6.07) is 0. The molecule has 1 saturated carbocycles. The third-order valence-corrected chi connectivity index (χ3v) is 5.47. The molecule has 0 bridgehead atoms. The zero-order valence-electron chi connectivity index (χ0n) is 12.1. The van der Waals surface area contributed by atoms with Crippen LogP contribution in [0.25, 0.3) is 0 Å². The lowest BCUT2D eigenvalue weighted by Gasteiger charge is -2.48. The lowest BCUT2D eigenvalue weighted by atomic mass is 9.70.